The number of thioether (sulfide) groups is 1. The molecule has 0 amide bonds. The van der Waals surface area contributed by atoms with Gasteiger partial charge < -0.3 is 0 Å². The molecule has 0 aromatic heterocycles. The third-order valence-corrected chi connectivity index (χ3v) is 4.06. The zero-order chi connectivity index (χ0) is 16.7. The van der Waals surface area contributed by atoms with E-state index in [0.29, 0.717) is 22.3 Å². The lowest BCUT2D eigenvalue weighted by Gasteiger charge is -2.00. The van der Waals surface area contributed by atoms with Gasteiger partial charge in [-0.1, -0.05) is 19.1 Å². The number of rotatable bonds is 5. The number of allylic oxidation sites excluding steroid dienone is 1. The lowest BCUT2D eigenvalue weighted by molar-refractivity contribution is 0.104. The van der Waals surface area contributed by atoms with E-state index in [1.165, 1.54) is 6.08 Å². The molecule has 0 spiro atoms. The second-order valence-electron chi connectivity index (χ2n) is 4.68. The minimum absolute atomic E-state index is 0.0964. The first kappa shape index (κ1) is 16.5. The third-order valence-electron chi connectivity index (χ3n) is 3.16. The number of carbonyl (C=O) groups excluding carboxylic acids is 1. The van der Waals surface area contributed by atoms with E-state index < -0.39 is 0 Å². The molecule has 3 nitrogen and oxygen atoms in total. The Morgan fingerprint density at radius 2 is 1.78 bits per heavy atom. The summed E-state index contributed by atoms with van der Waals surface area (Å²) in [6.45, 7) is 2.08. The quantitative estimate of drug-likeness (QED) is 0.464. The van der Waals surface area contributed by atoms with Gasteiger partial charge >= 0.3 is 0 Å². The molecule has 2 rings (SSSR count). The summed E-state index contributed by atoms with van der Waals surface area (Å²) in [6.07, 6.45) is 3.13. The van der Waals surface area contributed by atoms with Gasteiger partial charge in [-0.05, 0) is 53.8 Å². The molecule has 112 valence electrons. The first-order valence-electron chi connectivity index (χ1n) is 7.07. The summed E-state index contributed by atoms with van der Waals surface area (Å²) in [6, 6.07) is 16.3. The van der Waals surface area contributed by atoms with E-state index >= 15 is 0 Å². The third kappa shape index (κ3) is 4.32. The summed E-state index contributed by atoms with van der Waals surface area (Å²) in [5, 5.41) is 17.9. The van der Waals surface area contributed by atoms with Crippen LogP contribution in [0.15, 0.2) is 53.4 Å². The largest absolute Gasteiger partial charge is 0.289 e. The van der Waals surface area contributed by atoms with Crippen LogP contribution in [0.1, 0.15) is 34.0 Å². The second-order valence-corrected chi connectivity index (χ2v) is 6.02. The molecule has 0 N–H and O–H groups in total. The van der Waals surface area contributed by atoms with Crippen molar-refractivity contribution in [2.45, 2.75) is 11.8 Å². The second kappa shape index (κ2) is 7.98. The van der Waals surface area contributed by atoms with Crippen LogP contribution in [0.3, 0.4) is 0 Å². The van der Waals surface area contributed by atoms with Crippen molar-refractivity contribution in [3.05, 3.63) is 70.8 Å². The maximum Gasteiger partial charge on any atom is 0.185 e. The van der Waals surface area contributed by atoms with Gasteiger partial charge in [-0.25, -0.2) is 0 Å². The Morgan fingerprint density at radius 3 is 2.39 bits per heavy atom. The average Bonchev–Trinajstić information content (AvgIpc) is 2.60. The lowest BCUT2D eigenvalue weighted by atomic mass is 10.0. The predicted octanol–water partition coefficient (Wildman–Crippen LogP) is 4.44. The van der Waals surface area contributed by atoms with Gasteiger partial charge in [0.2, 0.25) is 0 Å². The molecule has 0 atom stereocenters. The molecule has 0 saturated carbocycles. The molecule has 23 heavy (non-hydrogen) atoms. The fourth-order valence-electron chi connectivity index (χ4n) is 2.01. The van der Waals surface area contributed by atoms with Gasteiger partial charge in [-0.3, -0.25) is 4.79 Å². The fraction of sp³-hybridized carbons (Fsp3) is 0.105. The molecule has 2 aromatic rings. The van der Waals surface area contributed by atoms with E-state index in [-0.39, 0.29) is 5.78 Å². The summed E-state index contributed by atoms with van der Waals surface area (Å²) in [5.41, 5.74) is 1.98. The topological polar surface area (TPSA) is 64.7 Å². The maximum atomic E-state index is 12.2. The maximum absolute atomic E-state index is 12.2. The Hall–Kier alpha value is -2.82. The van der Waals surface area contributed by atoms with Crippen LogP contribution in [-0.2, 0) is 0 Å². The first-order chi connectivity index (χ1) is 11.2. The van der Waals surface area contributed by atoms with E-state index in [9.17, 15) is 4.79 Å². The highest BCUT2D eigenvalue weighted by Crippen LogP contribution is 2.18. The summed E-state index contributed by atoms with van der Waals surface area (Å²) < 4.78 is 0. The van der Waals surface area contributed by atoms with Crippen LogP contribution in [0.5, 0.6) is 0 Å². The Balaban J connectivity index is 2.15. The zero-order valence-electron chi connectivity index (χ0n) is 12.6. The monoisotopic (exact) mass is 318 g/mol. The Kier molecular flexibility index (Phi) is 5.74. The molecular weight excluding hydrogens is 304 g/mol. The number of benzene rings is 2. The highest BCUT2D eigenvalue weighted by atomic mass is 32.2. The van der Waals surface area contributed by atoms with Crippen LogP contribution in [-0.4, -0.2) is 11.5 Å². The van der Waals surface area contributed by atoms with Crippen molar-refractivity contribution in [1.82, 2.24) is 0 Å². The fourth-order valence-corrected chi connectivity index (χ4v) is 2.67. The lowest BCUT2D eigenvalue weighted by Crippen LogP contribution is -1.93. The van der Waals surface area contributed by atoms with Crippen LogP contribution in [0, 0.1) is 22.7 Å². The van der Waals surface area contributed by atoms with Crippen molar-refractivity contribution in [1.29, 1.82) is 10.5 Å². The van der Waals surface area contributed by atoms with Crippen LogP contribution in [0.4, 0.5) is 0 Å². The molecule has 2 aromatic carbocycles. The van der Waals surface area contributed by atoms with Gasteiger partial charge in [0.1, 0.15) is 12.1 Å². The van der Waals surface area contributed by atoms with E-state index in [1.807, 2.05) is 36.4 Å². The molecule has 0 heterocycles. The van der Waals surface area contributed by atoms with E-state index in [4.69, 9.17) is 10.5 Å². The molecule has 0 radical (unpaired) electrons. The molecular formula is C19H14N2OS. The molecule has 0 unspecified atom stereocenters. The van der Waals surface area contributed by atoms with Crippen LogP contribution in [0.2, 0.25) is 0 Å². The number of nitrogens with zero attached hydrogens (tertiary/aromatic N) is 2. The summed E-state index contributed by atoms with van der Waals surface area (Å²) in [4.78, 5) is 13.3. The number of carbonyl (C=O) groups is 1. The molecule has 0 bridgehead atoms. The predicted molar refractivity (Wildman–Crippen MR) is 92.1 cm³/mol. The highest BCUT2D eigenvalue weighted by Gasteiger charge is 2.04. The molecule has 0 aliphatic heterocycles. The highest BCUT2D eigenvalue weighted by molar-refractivity contribution is 7.99. The molecule has 0 aliphatic carbocycles. The Labute approximate surface area is 139 Å². The van der Waals surface area contributed by atoms with Crippen molar-refractivity contribution in [3.63, 3.8) is 0 Å². The number of hydrogen-bond donors (Lipinski definition) is 0. The Morgan fingerprint density at radius 1 is 1.09 bits per heavy atom. The molecule has 0 fully saturated rings. The van der Waals surface area contributed by atoms with E-state index in [1.54, 1.807) is 36.0 Å². The van der Waals surface area contributed by atoms with E-state index in [2.05, 4.69) is 6.92 Å². The van der Waals surface area contributed by atoms with Gasteiger partial charge in [0.25, 0.3) is 0 Å². The SMILES string of the molecule is CCSc1ccc(C(=O)/C=C/c2ccc(C#N)c(C#N)c2)cc1. The minimum atomic E-state index is -0.0964. The van der Waals surface area contributed by atoms with Crippen molar-refractivity contribution in [2.24, 2.45) is 0 Å². The molecule has 0 saturated heterocycles. The summed E-state index contributed by atoms with van der Waals surface area (Å²) in [5.74, 6) is 0.897. The number of nitriles is 2. The smallest absolute Gasteiger partial charge is 0.185 e. The van der Waals surface area contributed by atoms with Gasteiger partial charge in [0.05, 0.1) is 11.1 Å². The van der Waals surface area contributed by atoms with Crippen LogP contribution >= 0.6 is 11.8 Å². The van der Waals surface area contributed by atoms with Crippen molar-refractivity contribution in [2.75, 3.05) is 5.75 Å². The number of hydrogen-bond acceptors (Lipinski definition) is 4. The van der Waals surface area contributed by atoms with Gasteiger partial charge in [-0.15, -0.1) is 11.8 Å². The zero-order valence-corrected chi connectivity index (χ0v) is 13.4. The molecule has 4 heteroatoms. The van der Waals surface area contributed by atoms with Crippen LogP contribution < -0.4 is 0 Å². The van der Waals surface area contributed by atoms with Crippen molar-refractivity contribution < 1.29 is 4.79 Å². The van der Waals surface area contributed by atoms with Gasteiger partial charge in [0.15, 0.2) is 5.78 Å². The average molecular weight is 318 g/mol. The standard InChI is InChI=1S/C19H14N2OS/c1-2-23-18-8-6-15(7-9-18)19(22)10-4-14-3-5-16(12-20)17(11-14)13-21/h3-11H,2H2,1H3/b10-4+. The molecule has 0 aliphatic rings. The first-order valence-corrected chi connectivity index (χ1v) is 8.06. The Bertz CT molecular complexity index is 824. The van der Waals surface area contributed by atoms with Gasteiger partial charge in [-0.2, -0.15) is 10.5 Å². The minimum Gasteiger partial charge on any atom is -0.289 e. The van der Waals surface area contributed by atoms with Gasteiger partial charge in [0, 0.05) is 10.5 Å². The summed E-state index contributed by atoms with van der Waals surface area (Å²) >= 11 is 1.73. The van der Waals surface area contributed by atoms with E-state index in [0.717, 1.165) is 10.6 Å². The normalized spacial score (nSPS) is 10.2. The van der Waals surface area contributed by atoms with Crippen LogP contribution in [0.25, 0.3) is 6.08 Å². The van der Waals surface area contributed by atoms with Crippen molar-refractivity contribution in [3.8, 4) is 12.1 Å². The summed E-state index contributed by atoms with van der Waals surface area (Å²) in [7, 11) is 0. The van der Waals surface area contributed by atoms with Crippen molar-refractivity contribution >= 4 is 23.6 Å². The number of ketones is 1.